The van der Waals surface area contributed by atoms with E-state index in [9.17, 15) is 9.59 Å². The molecule has 1 amide bonds. The molecule has 6 nitrogen and oxygen atoms in total. The smallest absolute Gasteiger partial charge is 0.410 e. The second-order valence-corrected chi connectivity index (χ2v) is 8.26. The number of hydrogen-bond acceptors (Lipinski definition) is 6. The van der Waals surface area contributed by atoms with E-state index in [0.717, 1.165) is 10.6 Å². The zero-order chi connectivity index (χ0) is 18.7. The molecule has 0 bridgehead atoms. The Balaban J connectivity index is 1.60. The summed E-state index contributed by atoms with van der Waals surface area (Å²) >= 11 is 1.45. The van der Waals surface area contributed by atoms with E-state index in [4.69, 9.17) is 9.47 Å². The zero-order valence-electron chi connectivity index (χ0n) is 15.2. The highest BCUT2D eigenvalue weighted by atomic mass is 32.1. The van der Waals surface area contributed by atoms with Gasteiger partial charge in [-0.05, 0) is 32.9 Å². The fraction of sp³-hybridized carbons (Fsp3) is 0.421. The van der Waals surface area contributed by atoms with Crippen LogP contribution >= 0.6 is 11.3 Å². The topological polar surface area (TPSA) is 68.7 Å². The van der Waals surface area contributed by atoms with E-state index in [1.807, 2.05) is 39.0 Å². The van der Waals surface area contributed by atoms with Crippen LogP contribution in [-0.4, -0.2) is 34.1 Å². The SMILES string of the molecule is CC(C)(C)OC(=O)N1CCc2nc(CC(=O)Oc3ccccc3)sc2C1. The molecule has 26 heavy (non-hydrogen) atoms. The lowest BCUT2D eigenvalue weighted by Crippen LogP contribution is -2.39. The molecule has 1 aromatic heterocycles. The number of carbonyl (C=O) groups excluding carboxylic acids is 2. The summed E-state index contributed by atoms with van der Waals surface area (Å²) in [5.74, 6) is 0.182. The van der Waals surface area contributed by atoms with Crippen molar-refractivity contribution in [3.8, 4) is 5.75 Å². The third-order valence-corrected chi connectivity index (χ3v) is 4.78. The normalized spacial score (nSPS) is 13.9. The Morgan fingerprint density at radius 3 is 2.65 bits per heavy atom. The Kier molecular flexibility index (Phi) is 5.27. The molecule has 1 aromatic carbocycles. The van der Waals surface area contributed by atoms with Gasteiger partial charge in [-0.1, -0.05) is 18.2 Å². The van der Waals surface area contributed by atoms with Crippen molar-refractivity contribution in [3.05, 3.63) is 45.9 Å². The number of nitrogens with zero attached hydrogens (tertiary/aromatic N) is 2. The first-order valence-electron chi connectivity index (χ1n) is 8.51. The van der Waals surface area contributed by atoms with Crippen LogP contribution in [0.25, 0.3) is 0 Å². The predicted molar refractivity (Wildman–Crippen MR) is 98.2 cm³/mol. The summed E-state index contributed by atoms with van der Waals surface area (Å²) in [6.07, 6.45) is 0.472. The van der Waals surface area contributed by atoms with E-state index in [0.29, 0.717) is 30.3 Å². The van der Waals surface area contributed by atoms with Crippen LogP contribution in [0.15, 0.2) is 30.3 Å². The summed E-state index contributed by atoms with van der Waals surface area (Å²) in [6.45, 7) is 6.59. The van der Waals surface area contributed by atoms with Gasteiger partial charge in [-0.25, -0.2) is 9.78 Å². The molecule has 0 spiro atoms. The van der Waals surface area contributed by atoms with E-state index in [2.05, 4.69) is 4.98 Å². The Morgan fingerprint density at radius 1 is 1.23 bits per heavy atom. The Labute approximate surface area is 156 Å². The van der Waals surface area contributed by atoms with Crippen LogP contribution in [-0.2, 0) is 28.9 Å². The first-order valence-corrected chi connectivity index (χ1v) is 9.33. The molecule has 0 radical (unpaired) electrons. The molecule has 7 heteroatoms. The molecule has 1 aliphatic rings. The molecule has 0 aliphatic carbocycles. The Bertz CT molecular complexity index is 796. The summed E-state index contributed by atoms with van der Waals surface area (Å²) in [7, 11) is 0. The maximum atomic E-state index is 12.2. The summed E-state index contributed by atoms with van der Waals surface area (Å²) in [5.41, 5.74) is 0.439. The van der Waals surface area contributed by atoms with E-state index in [-0.39, 0.29) is 18.5 Å². The lowest BCUT2D eigenvalue weighted by molar-refractivity contribution is -0.133. The quantitative estimate of drug-likeness (QED) is 0.607. The number of ether oxygens (including phenoxy) is 2. The van der Waals surface area contributed by atoms with Gasteiger partial charge in [-0.2, -0.15) is 0 Å². The van der Waals surface area contributed by atoms with Crippen LogP contribution in [0.5, 0.6) is 5.75 Å². The van der Waals surface area contributed by atoms with E-state index in [1.54, 1.807) is 17.0 Å². The summed E-state index contributed by atoms with van der Waals surface area (Å²) in [6, 6.07) is 8.97. The first-order chi connectivity index (χ1) is 12.3. The number of esters is 1. The number of para-hydroxylation sites is 1. The van der Waals surface area contributed by atoms with Crippen LogP contribution in [0, 0.1) is 0 Å². The maximum absolute atomic E-state index is 12.2. The lowest BCUT2D eigenvalue weighted by atomic mass is 10.2. The summed E-state index contributed by atoms with van der Waals surface area (Å²) in [4.78, 5) is 31.5. The minimum Gasteiger partial charge on any atom is -0.444 e. The average Bonchev–Trinajstić information content (AvgIpc) is 2.95. The van der Waals surface area contributed by atoms with Gasteiger partial charge in [-0.3, -0.25) is 4.79 Å². The van der Waals surface area contributed by atoms with E-state index >= 15 is 0 Å². The molecule has 0 fully saturated rings. The maximum Gasteiger partial charge on any atom is 0.410 e. The van der Waals surface area contributed by atoms with Crippen molar-refractivity contribution in [1.82, 2.24) is 9.88 Å². The van der Waals surface area contributed by atoms with Gasteiger partial charge in [-0.15, -0.1) is 11.3 Å². The van der Waals surface area contributed by atoms with Crippen LogP contribution in [0.3, 0.4) is 0 Å². The Hall–Kier alpha value is -2.41. The number of hydrogen-bond donors (Lipinski definition) is 0. The van der Waals surface area contributed by atoms with Gasteiger partial charge in [0.1, 0.15) is 16.4 Å². The van der Waals surface area contributed by atoms with Crippen molar-refractivity contribution in [1.29, 1.82) is 0 Å². The molecule has 0 atom stereocenters. The minimum atomic E-state index is -0.516. The number of carbonyl (C=O) groups is 2. The molecule has 2 heterocycles. The number of aromatic nitrogens is 1. The monoisotopic (exact) mass is 374 g/mol. The second-order valence-electron chi connectivity index (χ2n) is 7.09. The minimum absolute atomic E-state index is 0.124. The third-order valence-electron chi connectivity index (χ3n) is 3.70. The molecule has 0 N–H and O–H groups in total. The molecule has 138 valence electrons. The first kappa shape index (κ1) is 18.4. The molecular weight excluding hydrogens is 352 g/mol. The van der Waals surface area contributed by atoms with Gasteiger partial charge in [0.05, 0.1) is 18.7 Å². The van der Waals surface area contributed by atoms with Gasteiger partial charge < -0.3 is 14.4 Å². The highest BCUT2D eigenvalue weighted by molar-refractivity contribution is 7.11. The summed E-state index contributed by atoms with van der Waals surface area (Å²) < 4.78 is 10.7. The molecule has 2 aromatic rings. The second kappa shape index (κ2) is 7.45. The summed E-state index contributed by atoms with van der Waals surface area (Å²) in [5, 5.41) is 0.710. The highest BCUT2D eigenvalue weighted by Crippen LogP contribution is 2.27. The number of rotatable bonds is 3. The van der Waals surface area contributed by atoms with Gasteiger partial charge >= 0.3 is 12.1 Å². The largest absolute Gasteiger partial charge is 0.444 e. The van der Waals surface area contributed by atoms with E-state index in [1.165, 1.54) is 11.3 Å². The average molecular weight is 374 g/mol. The van der Waals surface area contributed by atoms with Crippen molar-refractivity contribution in [3.63, 3.8) is 0 Å². The number of amides is 1. The van der Waals surface area contributed by atoms with E-state index < -0.39 is 5.60 Å². The lowest BCUT2D eigenvalue weighted by Gasteiger charge is -2.29. The van der Waals surface area contributed by atoms with Crippen molar-refractivity contribution in [2.75, 3.05) is 6.54 Å². The van der Waals surface area contributed by atoms with Crippen LogP contribution < -0.4 is 4.74 Å². The predicted octanol–water partition coefficient (Wildman–Crippen LogP) is 3.58. The fourth-order valence-corrected chi connectivity index (χ4v) is 3.70. The van der Waals surface area contributed by atoms with Crippen molar-refractivity contribution in [2.24, 2.45) is 0 Å². The van der Waals surface area contributed by atoms with Crippen LogP contribution in [0.1, 0.15) is 36.3 Å². The number of benzene rings is 1. The molecule has 0 unspecified atom stereocenters. The molecule has 3 rings (SSSR count). The van der Waals surface area contributed by atoms with Gasteiger partial charge in [0, 0.05) is 17.8 Å². The third kappa shape index (κ3) is 4.82. The van der Waals surface area contributed by atoms with Crippen LogP contribution in [0.2, 0.25) is 0 Å². The molecular formula is C19H22N2O4S. The molecule has 0 saturated heterocycles. The van der Waals surface area contributed by atoms with Crippen molar-refractivity contribution in [2.45, 2.75) is 45.8 Å². The molecule has 1 aliphatic heterocycles. The fourth-order valence-electron chi connectivity index (χ4n) is 2.59. The molecule has 0 saturated carbocycles. The Morgan fingerprint density at radius 2 is 1.96 bits per heavy atom. The zero-order valence-corrected chi connectivity index (χ0v) is 16.0. The highest BCUT2D eigenvalue weighted by Gasteiger charge is 2.28. The number of fused-ring (bicyclic) bond motifs is 1. The standard InChI is InChI=1S/C19H22N2O4S/c1-19(2,3)25-18(23)21-10-9-14-15(12-21)26-16(20-14)11-17(22)24-13-7-5-4-6-8-13/h4-8H,9-12H2,1-3H3. The van der Waals surface area contributed by atoms with Gasteiger partial charge in [0.2, 0.25) is 0 Å². The van der Waals surface area contributed by atoms with Crippen molar-refractivity contribution < 1.29 is 19.1 Å². The van der Waals surface area contributed by atoms with Crippen molar-refractivity contribution >= 4 is 23.4 Å². The number of thiazole rings is 1. The van der Waals surface area contributed by atoms with Crippen LogP contribution in [0.4, 0.5) is 4.79 Å². The van der Waals surface area contributed by atoms with Gasteiger partial charge in [0.15, 0.2) is 0 Å². The van der Waals surface area contributed by atoms with Gasteiger partial charge in [0.25, 0.3) is 0 Å².